The number of hydrogen-bond acceptors (Lipinski definition) is 5. The van der Waals surface area contributed by atoms with Crippen LogP contribution in [-0.2, 0) is 11.2 Å². The highest BCUT2D eigenvalue weighted by molar-refractivity contribution is 5.97. The summed E-state index contributed by atoms with van der Waals surface area (Å²) in [6, 6.07) is 1.65. The van der Waals surface area contributed by atoms with E-state index in [1.807, 2.05) is 20.8 Å². The molecule has 3 heterocycles. The van der Waals surface area contributed by atoms with E-state index in [0.29, 0.717) is 37.4 Å². The number of aromatic nitrogens is 1. The monoisotopic (exact) mass is 396 g/mol. The third-order valence-corrected chi connectivity index (χ3v) is 4.83. The molecule has 28 heavy (non-hydrogen) atoms. The first kappa shape index (κ1) is 20.3. The lowest BCUT2D eigenvalue weighted by atomic mass is 9.93. The van der Waals surface area contributed by atoms with Gasteiger partial charge in [0, 0.05) is 43.0 Å². The van der Waals surface area contributed by atoms with Gasteiger partial charge >= 0.3 is 6.09 Å². The highest BCUT2D eigenvalue weighted by atomic mass is 19.3. The molecule has 9 heteroatoms. The van der Waals surface area contributed by atoms with Gasteiger partial charge in [-0.1, -0.05) is 0 Å². The number of pyridine rings is 1. The van der Waals surface area contributed by atoms with Gasteiger partial charge in [0.05, 0.1) is 6.54 Å². The van der Waals surface area contributed by atoms with Crippen LogP contribution in [0, 0.1) is 0 Å². The average molecular weight is 396 g/mol. The topological polar surface area (TPSA) is 74.8 Å². The van der Waals surface area contributed by atoms with Gasteiger partial charge in [0.25, 0.3) is 12.3 Å². The lowest BCUT2D eigenvalue weighted by Crippen LogP contribution is -2.57. The van der Waals surface area contributed by atoms with E-state index >= 15 is 0 Å². The third kappa shape index (κ3) is 4.51. The molecule has 1 fully saturated rings. The lowest BCUT2D eigenvalue weighted by Gasteiger charge is -2.45. The van der Waals surface area contributed by atoms with Crippen molar-refractivity contribution in [2.75, 3.05) is 31.1 Å². The van der Waals surface area contributed by atoms with Crippen LogP contribution < -0.4 is 10.2 Å². The van der Waals surface area contributed by atoms with Crippen molar-refractivity contribution in [1.82, 2.24) is 15.2 Å². The van der Waals surface area contributed by atoms with Crippen molar-refractivity contribution in [3.63, 3.8) is 0 Å². The second-order valence-corrected chi connectivity index (χ2v) is 8.07. The highest BCUT2D eigenvalue weighted by Crippen LogP contribution is 2.33. The first-order valence-electron chi connectivity index (χ1n) is 9.44. The van der Waals surface area contributed by atoms with Crippen molar-refractivity contribution < 1.29 is 23.1 Å². The Hall–Kier alpha value is -2.45. The number of nitrogens with one attached hydrogen (secondary N) is 1. The smallest absolute Gasteiger partial charge is 0.410 e. The number of rotatable bonds is 3. The fourth-order valence-corrected chi connectivity index (χ4v) is 3.64. The minimum Gasteiger partial charge on any atom is -0.444 e. The summed E-state index contributed by atoms with van der Waals surface area (Å²) in [5, 5.41) is 2.26. The number of amides is 2. The largest absolute Gasteiger partial charge is 0.444 e. The van der Waals surface area contributed by atoms with E-state index in [1.165, 1.54) is 6.20 Å². The van der Waals surface area contributed by atoms with Crippen molar-refractivity contribution >= 4 is 17.8 Å². The summed E-state index contributed by atoms with van der Waals surface area (Å²) in [4.78, 5) is 32.9. The van der Waals surface area contributed by atoms with E-state index in [2.05, 4.69) is 15.2 Å². The van der Waals surface area contributed by atoms with Crippen molar-refractivity contribution in [3.05, 3.63) is 23.4 Å². The number of hydrogen-bond donors (Lipinski definition) is 1. The zero-order chi connectivity index (χ0) is 20.5. The Morgan fingerprint density at radius 3 is 2.79 bits per heavy atom. The van der Waals surface area contributed by atoms with E-state index in [-0.39, 0.29) is 12.1 Å². The molecule has 1 aromatic rings. The van der Waals surface area contributed by atoms with Crippen LogP contribution in [0.25, 0.3) is 0 Å². The quantitative estimate of drug-likeness (QED) is 0.850. The maximum Gasteiger partial charge on any atom is 0.410 e. The molecule has 0 aliphatic carbocycles. The van der Waals surface area contributed by atoms with E-state index in [9.17, 15) is 18.4 Å². The van der Waals surface area contributed by atoms with Crippen molar-refractivity contribution in [1.29, 1.82) is 0 Å². The Kier molecular flexibility index (Phi) is 5.71. The Bertz CT molecular complexity index is 751. The molecule has 1 saturated heterocycles. The summed E-state index contributed by atoms with van der Waals surface area (Å²) in [5.41, 5.74) is 0.616. The second-order valence-electron chi connectivity index (χ2n) is 8.07. The number of carbonyl (C=O) groups is 2. The molecule has 0 radical (unpaired) electrons. The summed E-state index contributed by atoms with van der Waals surface area (Å²) in [7, 11) is 0. The molecule has 3 rings (SSSR count). The van der Waals surface area contributed by atoms with E-state index in [4.69, 9.17) is 4.74 Å². The highest BCUT2D eigenvalue weighted by Gasteiger charge is 2.36. The summed E-state index contributed by atoms with van der Waals surface area (Å²) in [6.07, 6.45) is -0.0477. The van der Waals surface area contributed by atoms with E-state index < -0.39 is 24.5 Å². The first-order valence-corrected chi connectivity index (χ1v) is 9.44. The number of alkyl halides is 2. The molecule has 2 amide bonds. The van der Waals surface area contributed by atoms with Crippen LogP contribution in [0.5, 0.6) is 0 Å². The number of carbonyl (C=O) groups excluding carboxylic acids is 2. The van der Waals surface area contributed by atoms with Crippen molar-refractivity contribution in [3.8, 4) is 0 Å². The molecule has 1 unspecified atom stereocenters. The minimum absolute atomic E-state index is 0.0839. The molecule has 1 N–H and O–H groups in total. The third-order valence-electron chi connectivity index (χ3n) is 4.83. The van der Waals surface area contributed by atoms with Gasteiger partial charge in [-0.3, -0.25) is 4.79 Å². The maximum absolute atomic E-state index is 12.4. The van der Waals surface area contributed by atoms with Crippen LogP contribution in [0.4, 0.5) is 19.4 Å². The van der Waals surface area contributed by atoms with Crippen LogP contribution >= 0.6 is 0 Å². The van der Waals surface area contributed by atoms with Gasteiger partial charge in [0.15, 0.2) is 0 Å². The molecule has 1 aromatic heterocycles. The Labute approximate surface area is 163 Å². The summed E-state index contributed by atoms with van der Waals surface area (Å²) < 4.78 is 30.3. The van der Waals surface area contributed by atoms with Crippen LogP contribution in [0.2, 0.25) is 0 Å². The fraction of sp³-hybridized carbons (Fsp3) is 0.632. The predicted molar refractivity (Wildman–Crippen MR) is 99.8 cm³/mol. The van der Waals surface area contributed by atoms with E-state index in [0.717, 1.165) is 12.0 Å². The average Bonchev–Trinajstić information content (AvgIpc) is 2.63. The number of fused-ring (bicyclic) bond motifs is 3. The van der Waals surface area contributed by atoms with Gasteiger partial charge in [0.2, 0.25) is 0 Å². The molecule has 1 atom stereocenters. The number of anilines is 1. The molecular weight excluding hydrogens is 370 g/mol. The van der Waals surface area contributed by atoms with Gasteiger partial charge in [-0.15, -0.1) is 0 Å². The maximum atomic E-state index is 12.4. The van der Waals surface area contributed by atoms with Crippen LogP contribution in [-0.4, -0.2) is 66.1 Å². The van der Waals surface area contributed by atoms with Crippen molar-refractivity contribution in [2.24, 2.45) is 0 Å². The minimum atomic E-state index is -2.59. The van der Waals surface area contributed by atoms with Gasteiger partial charge in [-0.05, 0) is 39.7 Å². The molecular formula is C19H26F2N4O3. The van der Waals surface area contributed by atoms with Gasteiger partial charge < -0.3 is 19.9 Å². The molecule has 0 spiro atoms. The van der Waals surface area contributed by atoms with Gasteiger partial charge in [-0.2, -0.15) is 0 Å². The Morgan fingerprint density at radius 2 is 2.11 bits per heavy atom. The Morgan fingerprint density at radius 1 is 1.36 bits per heavy atom. The number of ether oxygens (including phenoxy) is 1. The molecule has 2 aliphatic heterocycles. The zero-order valence-electron chi connectivity index (χ0n) is 16.4. The summed E-state index contributed by atoms with van der Waals surface area (Å²) >= 11 is 0. The van der Waals surface area contributed by atoms with Crippen LogP contribution in [0.3, 0.4) is 0 Å². The predicted octanol–water partition coefficient (Wildman–Crippen LogP) is 2.45. The normalized spacial score (nSPS) is 19.1. The molecule has 2 aliphatic rings. The van der Waals surface area contributed by atoms with Crippen LogP contribution in [0.1, 0.15) is 43.1 Å². The van der Waals surface area contributed by atoms with E-state index in [1.54, 1.807) is 11.0 Å². The first-order chi connectivity index (χ1) is 13.2. The molecule has 0 saturated carbocycles. The zero-order valence-corrected chi connectivity index (χ0v) is 16.4. The molecule has 7 nitrogen and oxygen atoms in total. The lowest BCUT2D eigenvalue weighted by molar-refractivity contribution is 0.0210. The molecule has 0 bridgehead atoms. The second kappa shape index (κ2) is 7.89. The van der Waals surface area contributed by atoms with Crippen molar-refractivity contribution in [2.45, 2.75) is 51.7 Å². The summed E-state index contributed by atoms with van der Waals surface area (Å²) in [6.45, 7) is 6.43. The fourth-order valence-electron chi connectivity index (χ4n) is 3.64. The number of piperazine rings is 1. The summed E-state index contributed by atoms with van der Waals surface area (Å²) in [5.74, 6) is 0.189. The van der Waals surface area contributed by atoms with Gasteiger partial charge in [0.1, 0.15) is 11.4 Å². The number of halogens is 2. The Balaban J connectivity index is 1.73. The SMILES string of the molecule is CC(C)(C)OC(=O)N1CCN2c3nccc(C(=O)NCC(F)F)c3CCC2C1. The van der Waals surface area contributed by atoms with Gasteiger partial charge in [-0.25, -0.2) is 18.6 Å². The standard InChI is InChI=1S/C19H26F2N4O3/c1-19(2,3)28-18(27)24-8-9-25-12(11-24)4-5-13-14(6-7-22-16(13)25)17(26)23-10-15(20)21/h6-7,12,15H,4-5,8-11H2,1-3H3,(H,23,26). The van der Waals surface area contributed by atoms with Crippen LogP contribution in [0.15, 0.2) is 12.3 Å². The molecule has 0 aromatic carbocycles. The molecule has 154 valence electrons. The number of nitrogens with zero attached hydrogens (tertiary/aromatic N) is 3.